The van der Waals surface area contributed by atoms with E-state index in [1.165, 1.54) is 17.7 Å². The molecule has 1 saturated heterocycles. The lowest BCUT2D eigenvalue weighted by Gasteiger charge is -2.70. The second kappa shape index (κ2) is 8.77. The average Bonchev–Trinajstić information content (AvgIpc) is 3.41. The summed E-state index contributed by atoms with van der Waals surface area (Å²) >= 11 is 0. The Labute approximate surface area is 216 Å². The molecule has 4 fully saturated rings. The van der Waals surface area contributed by atoms with E-state index in [1.807, 2.05) is 12.1 Å². The molecule has 3 aromatic rings. The van der Waals surface area contributed by atoms with Gasteiger partial charge in [0.2, 0.25) is 0 Å². The number of nitrogens with zero attached hydrogens (tertiary/aromatic N) is 2. The van der Waals surface area contributed by atoms with Crippen molar-refractivity contribution >= 4 is 16.6 Å². The highest BCUT2D eigenvalue weighted by Crippen LogP contribution is 2.64. The number of halogens is 3. The molecular weight excluding hydrogens is 473 g/mol. The van der Waals surface area contributed by atoms with Crippen molar-refractivity contribution in [3.63, 3.8) is 0 Å². The molecule has 1 unspecified atom stereocenters. The van der Waals surface area contributed by atoms with Gasteiger partial charge in [-0.15, -0.1) is 0 Å². The second-order valence-electron chi connectivity index (χ2n) is 12.0. The van der Waals surface area contributed by atoms with Crippen molar-refractivity contribution in [2.45, 2.75) is 69.1 Å². The smallest absolute Gasteiger partial charge is 0.133 e. The van der Waals surface area contributed by atoms with Crippen LogP contribution in [0.4, 0.5) is 18.9 Å². The average molecular weight is 509 g/mol. The van der Waals surface area contributed by atoms with E-state index in [-0.39, 0.29) is 29.9 Å². The third kappa shape index (κ3) is 3.72. The molecule has 2 aromatic carbocycles. The summed E-state index contributed by atoms with van der Waals surface area (Å²) in [5.41, 5.74) is 3.87. The van der Waals surface area contributed by atoms with E-state index in [1.54, 1.807) is 0 Å². The highest BCUT2D eigenvalue weighted by molar-refractivity contribution is 5.85. The number of alkyl halides is 1. The molecule has 0 spiro atoms. The summed E-state index contributed by atoms with van der Waals surface area (Å²) in [7, 11) is 0. The van der Waals surface area contributed by atoms with Crippen LogP contribution in [0.25, 0.3) is 10.9 Å². The Kier molecular flexibility index (Phi) is 5.59. The van der Waals surface area contributed by atoms with E-state index in [0.717, 1.165) is 74.3 Å². The van der Waals surface area contributed by atoms with Crippen LogP contribution >= 0.6 is 0 Å². The maximum atomic E-state index is 16.0. The standard InChI is InChI=1S/C30H35F3N4/c1-18-11-23-22-5-2-3-6-26(22)35-28(23)29(37(18)30-14-19(15-30)16-30)27-24(32)12-21(13-25(27)33)34-20-7-10-36(17-20)9-4-8-31/h2-3,5-6,12-13,18-20,29,34-35H,4,7-11,14-17H2,1H3/t18-,19?,20?,29-,30?/m1/s1. The molecule has 37 heavy (non-hydrogen) atoms. The SMILES string of the molecule is C[C@@H]1Cc2c([nH]c3ccccc23)[C@@H](c2c(F)cc(NC3CCN(CCCF)C3)cc2F)N1C12CC(C1)C2. The van der Waals surface area contributed by atoms with Crippen LogP contribution in [0.3, 0.4) is 0 Å². The molecule has 0 amide bonds. The fourth-order valence-electron chi connectivity index (χ4n) is 7.84. The van der Waals surface area contributed by atoms with Gasteiger partial charge in [-0.2, -0.15) is 0 Å². The molecule has 3 heterocycles. The Morgan fingerprint density at radius 3 is 2.57 bits per heavy atom. The fourth-order valence-corrected chi connectivity index (χ4v) is 7.84. The number of likely N-dealkylation sites (tertiary alicyclic amines) is 1. The zero-order valence-electron chi connectivity index (χ0n) is 21.4. The predicted octanol–water partition coefficient (Wildman–Crippen LogP) is 6.18. The topological polar surface area (TPSA) is 34.3 Å². The van der Waals surface area contributed by atoms with Crippen LogP contribution in [0.1, 0.15) is 61.9 Å². The van der Waals surface area contributed by atoms with Gasteiger partial charge in [0, 0.05) is 65.1 Å². The van der Waals surface area contributed by atoms with Crippen molar-refractivity contribution in [1.82, 2.24) is 14.8 Å². The summed E-state index contributed by atoms with van der Waals surface area (Å²) in [5, 5.41) is 4.50. The maximum Gasteiger partial charge on any atom is 0.133 e. The molecule has 8 rings (SSSR count). The Hall–Kier alpha value is -2.51. The van der Waals surface area contributed by atoms with Crippen molar-refractivity contribution in [2.75, 3.05) is 31.6 Å². The highest BCUT2D eigenvalue weighted by Gasteiger charge is 2.63. The maximum absolute atomic E-state index is 16.0. The third-order valence-corrected chi connectivity index (χ3v) is 9.53. The van der Waals surface area contributed by atoms with E-state index in [2.05, 4.69) is 39.2 Å². The van der Waals surface area contributed by atoms with Crippen LogP contribution in [-0.4, -0.2) is 58.7 Å². The fraction of sp³-hybridized carbons (Fsp3) is 0.533. The van der Waals surface area contributed by atoms with Gasteiger partial charge in [0.05, 0.1) is 12.7 Å². The molecule has 196 valence electrons. The number of rotatable bonds is 7. The number of H-pyrrole nitrogens is 1. The monoisotopic (exact) mass is 508 g/mol. The van der Waals surface area contributed by atoms with Gasteiger partial charge in [0.15, 0.2) is 0 Å². The lowest BCUT2D eigenvalue weighted by molar-refractivity contribution is -0.174. The van der Waals surface area contributed by atoms with Gasteiger partial charge in [-0.1, -0.05) is 18.2 Å². The molecule has 2 N–H and O–H groups in total. The van der Waals surface area contributed by atoms with E-state index < -0.39 is 17.7 Å². The van der Waals surface area contributed by atoms with E-state index >= 15 is 8.78 Å². The molecule has 3 aliphatic carbocycles. The van der Waals surface area contributed by atoms with Gasteiger partial charge >= 0.3 is 0 Å². The first-order chi connectivity index (χ1) is 18.0. The molecule has 7 heteroatoms. The first kappa shape index (κ1) is 23.6. The summed E-state index contributed by atoms with van der Waals surface area (Å²) in [6.07, 6.45) is 5.69. The van der Waals surface area contributed by atoms with Gasteiger partial charge in [0.1, 0.15) is 11.6 Å². The first-order valence-electron chi connectivity index (χ1n) is 13.9. The number of aromatic nitrogens is 1. The lowest BCUT2D eigenvalue weighted by atomic mass is 9.48. The zero-order valence-corrected chi connectivity index (χ0v) is 21.4. The van der Waals surface area contributed by atoms with Crippen LogP contribution in [0.2, 0.25) is 0 Å². The van der Waals surface area contributed by atoms with Gasteiger partial charge in [0.25, 0.3) is 0 Å². The van der Waals surface area contributed by atoms with Crippen molar-refractivity contribution in [2.24, 2.45) is 5.92 Å². The molecule has 1 aromatic heterocycles. The number of fused-ring (bicyclic) bond motifs is 3. The molecule has 4 nitrogen and oxygen atoms in total. The molecule has 3 atom stereocenters. The Morgan fingerprint density at radius 2 is 1.86 bits per heavy atom. The first-order valence-corrected chi connectivity index (χ1v) is 13.9. The number of benzene rings is 2. The summed E-state index contributed by atoms with van der Waals surface area (Å²) in [6.45, 7) is 4.27. The van der Waals surface area contributed by atoms with E-state index in [4.69, 9.17) is 0 Å². The van der Waals surface area contributed by atoms with E-state index in [0.29, 0.717) is 12.1 Å². The third-order valence-electron chi connectivity index (χ3n) is 9.53. The van der Waals surface area contributed by atoms with Gasteiger partial charge in [-0.25, -0.2) is 8.78 Å². The molecule has 2 aliphatic heterocycles. The second-order valence-corrected chi connectivity index (χ2v) is 12.0. The number of para-hydroxylation sites is 1. The Morgan fingerprint density at radius 1 is 1.11 bits per heavy atom. The highest BCUT2D eigenvalue weighted by atomic mass is 19.1. The zero-order chi connectivity index (χ0) is 25.3. The summed E-state index contributed by atoms with van der Waals surface area (Å²) < 4.78 is 44.6. The molecule has 0 radical (unpaired) electrons. The Bertz CT molecular complexity index is 1300. The van der Waals surface area contributed by atoms with Crippen LogP contribution in [0.5, 0.6) is 0 Å². The van der Waals surface area contributed by atoms with Crippen LogP contribution in [-0.2, 0) is 6.42 Å². The van der Waals surface area contributed by atoms with Crippen LogP contribution in [0.15, 0.2) is 36.4 Å². The number of anilines is 1. The van der Waals surface area contributed by atoms with Gasteiger partial charge < -0.3 is 15.2 Å². The molecule has 2 bridgehead atoms. The Balaban J connectivity index is 1.25. The van der Waals surface area contributed by atoms with Crippen molar-refractivity contribution in [3.8, 4) is 0 Å². The minimum atomic E-state index is -0.491. The summed E-state index contributed by atoms with van der Waals surface area (Å²) in [6, 6.07) is 11.0. The molecular formula is C30H35F3N4. The number of hydrogen-bond donors (Lipinski definition) is 2. The minimum absolute atomic E-state index is 0.0620. The molecule has 3 saturated carbocycles. The van der Waals surface area contributed by atoms with Gasteiger partial charge in [-0.05, 0) is 75.1 Å². The lowest BCUT2D eigenvalue weighted by Crippen LogP contribution is -2.71. The number of hydrogen-bond acceptors (Lipinski definition) is 3. The van der Waals surface area contributed by atoms with Crippen LogP contribution < -0.4 is 5.32 Å². The van der Waals surface area contributed by atoms with Crippen molar-refractivity contribution in [1.29, 1.82) is 0 Å². The largest absolute Gasteiger partial charge is 0.381 e. The number of nitrogens with one attached hydrogen (secondary N) is 2. The summed E-state index contributed by atoms with van der Waals surface area (Å²) in [5.74, 6) is -0.209. The van der Waals surface area contributed by atoms with Crippen LogP contribution in [0, 0.1) is 17.6 Å². The van der Waals surface area contributed by atoms with Crippen molar-refractivity contribution in [3.05, 3.63) is 64.9 Å². The minimum Gasteiger partial charge on any atom is -0.381 e. The number of aromatic amines is 1. The van der Waals surface area contributed by atoms with E-state index in [9.17, 15) is 4.39 Å². The normalized spacial score (nSPS) is 31.2. The molecule has 5 aliphatic rings. The summed E-state index contributed by atoms with van der Waals surface area (Å²) in [4.78, 5) is 8.23. The van der Waals surface area contributed by atoms with Gasteiger partial charge in [-0.3, -0.25) is 9.29 Å². The quantitative estimate of drug-likeness (QED) is 0.400. The predicted molar refractivity (Wildman–Crippen MR) is 141 cm³/mol. The van der Waals surface area contributed by atoms with Crippen molar-refractivity contribution < 1.29 is 13.2 Å².